The zero-order chi connectivity index (χ0) is 11.8. The van der Waals surface area contributed by atoms with Crippen molar-refractivity contribution in [3.05, 3.63) is 33.8 Å². The van der Waals surface area contributed by atoms with E-state index in [2.05, 4.69) is 5.16 Å². The predicted octanol–water partition coefficient (Wildman–Crippen LogP) is 4.56. The number of unbranched alkanes of at least 4 members (excludes halogenated alkanes) is 3. The minimum absolute atomic E-state index is 0.674. The van der Waals surface area contributed by atoms with Crippen molar-refractivity contribution in [2.45, 2.75) is 32.1 Å². The zero-order valence-electron chi connectivity index (χ0n) is 9.00. The number of hydrogen-bond donors (Lipinski definition) is 1. The SMILES string of the molecule is O/N=C/CCCCCc1ccc(Cl)cc1Cl. The van der Waals surface area contributed by atoms with Crippen LogP contribution in [0.2, 0.25) is 10.0 Å². The lowest BCUT2D eigenvalue weighted by Crippen LogP contribution is -1.88. The molecule has 0 aliphatic rings. The van der Waals surface area contributed by atoms with Gasteiger partial charge in [-0.25, -0.2) is 0 Å². The number of oxime groups is 1. The van der Waals surface area contributed by atoms with Gasteiger partial charge in [-0.2, -0.15) is 0 Å². The van der Waals surface area contributed by atoms with Gasteiger partial charge in [0.2, 0.25) is 0 Å². The van der Waals surface area contributed by atoms with Crippen molar-refractivity contribution >= 4 is 29.4 Å². The normalized spacial score (nSPS) is 11.1. The highest BCUT2D eigenvalue weighted by molar-refractivity contribution is 6.35. The first kappa shape index (κ1) is 13.3. The topological polar surface area (TPSA) is 32.6 Å². The average Bonchev–Trinajstić information content (AvgIpc) is 2.26. The van der Waals surface area contributed by atoms with Crippen LogP contribution in [0.5, 0.6) is 0 Å². The van der Waals surface area contributed by atoms with Crippen molar-refractivity contribution < 1.29 is 5.21 Å². The van der Waals surface area contributed by atoms with E-state index in [0.717, 1.165) is 42.7 Å². The van der Waals surface area contributed by atoms with Crippen LogP contribution in [0.25, 0.3) is 0 Å². The van der Waals surface area contributed by atoms with Crippen LogP contribution in [-0.2, 0) is 6.42 Å². The number of hydrogen-bond acceptors (Lipinski definition) is 2. The first-order valence-corrected chi connectivity index (χ1v) is 6.09. The van der Waals surface area contributed by atoms with Crippen LogP contribution < -0.4 is 0 Å². The summed E-state index contributed by atoms with van der Waals surface area (Å²) in [6.45, 7) is 0. The first-order valence-electron chi connectivity index (χ1n) is 5.34. The van der Waals surface area contributed by atoms with E-state index < -0.39 is 0 Å². The van der Waals surface area contributed by atoms with E-state index in [1.807, 2.05) is 12.1 Å². The predicted molar refractivity (Wildman–Crippen MR) is 68.9 cm³/mol. The molecule has 0 aliphatic carbocycles. The van der Waals surface area contributed by atoms with E-state index in [9.17, 15) is 0 Å². The standard InChI is InChI=1S/C12H15Cl2NO/c13-11-7-6-10(12(14)9-11)5-3-1-2-4-8-15-16/h6-9,16H,1-5H2/b15-8+. The number of rotatable bonds is 6. The summed E-state index contributed by atoms with van der Waals surface area (Å²) >= 11 is 11.9. The fraction of sp³-hybridized carbons (Fsp3) is 0.417. The van der Waals surface area contributed by atoms with Crippen molar-refractivity contribution in [3.63, 3.8) is 0 Å². The Balaban J connectivity index is 2.26. The Bertz CT molecular complexity index is 353. The molecule has 0 saturated heterocycles. The summed E-state index contributed by atoms with van der Waals surface area (Å²) in [5.74, 6) is 0. The lowest BCUT2D eigenvalue weighted by Gasteiger charge is -2.04. The summed E-state index contributed by atoms with van der Waals surface area (Å²) in [6, 6.07) is 5.61. The van der Waals surface area contributed by atoms with Gasteiger partial charge in [0.05, 0.1) is 0 Å². The van der Waals surface area contributed by atoms with Crippen molar-refractivity contribution in [2.24, 2.45) is 5.16 Å². The molecule has 0 fully saturated rings. The molecule has 1 rings (SSSR count). The van der Waals surface area contributed by atoms with Gasteiger partial charge in [-0.05, 0) is 43.4 Å². The lowest BCUT2D eigenvalue weighted by molar-refractivity contribution is 0.320. The number of nitrogens with zero attached hydrogens (tertiary/aromatic N) is 1. The zero-order valence-corrected chi connectivity index (χ0v) is 10.5. The monoisotopic (exact) mass is 259 g/mol. The molecule has 0 unspecified atom stereocenters. The summed E-state index contributed by atoms with van der Waals surface area (Å²) in [4.78, 5) is 0. The second-order valence-electron chi connectivity index (χ2n) is 3.63. The van der Waals surface area contributed by atoms with Crippen molar-refractivity contribution in [1.82, 2.24) is 0 Å². The number of benzene rings is 1. The third-order valence-electron chi connectivity index (χ3n) is 2.38. The van der Waals surface area contributed by atoms with Crippen LogP contribution in [-0.4, -0.2) is 11.4 Å². The highest BCUT2D eigenvalue weighted by atomic mass is 35.5. The van der Waals surface area contributed by atoms with Crippen LogP contribution in [0.3, 0.4) is 0 Å². The van der Waals surface area contributed by atoms with E-state index in [1.165, 1.54) is 6.21 Å². The molecule has 2 nitrogen and oxygen atoms in total. The molecule has 0 bridgehead atoms. The molecule has 0 saturated carbocycles. The van der Waals surface area contributed by atoms with Crippen molar-refractivity contribution in [1.29, 1.82) is 0 Å². The largest absolute Gasteiger partial charge is 0.411 e. The van der Waals surface area contributed by atoms with Crippen LogP contribution >= 0.6 is 23.2 Å². The Morgan fingerprint density at radius 3 is 2.69 bits per heavy atom. The van der Waals surface area contributed by atoms with Gasteiger partial charge in [0.25, 0.3) is 0 Å². The molecule has 0 aliphatic heterocycles. The smallest absolute Gasteiger partial charge is 0.0452 e. The number of aryl methyl sites for hydroxylation is 1. The summed E-state index contributed by atoms with van der Waals surface area (Å²) in [6.07, 6.45) is 6.53. The van der Waals surface area contributed by atoms with E-state index in [4.69, 9.17) is 28.4 Å². The second-order valence-corrected chi connectivity index (χ2v) is 4.48. The van der Waals surface area contributed by atoms with Crippen LogP contribution in [0.15, 0.2) is 23.4 Å². The van der Waals surface area contributed by atoms with Gasteiger partial charge in [-0.15, -0.1) is 5.16 Å². The van der Waals surface area contributed by atoms with Crippen molar-refractivity contribution in [3.8, 4) is 0 Å². The Morgan fingerprint density at radius 2 is 2.00 bits per heavy atom. The molecule has 0 amide bonds. The maximum Gasteiger partial charge on any atom is 0.0452 e. The summed E-state index contributed by atoms with van der Waals surface area (Å²) < 4.78 is 0. The summed E-state index contributed by atoms with van der Waals surface area (Å²) in [5.41, 5.74) is 1.14. The van der Waals surface area contributed by atoms with Crippen molar-refractivity contribution in [2.75, 3.05) is 0 Å². The maximum atomic E-state index is 8.20. The molecular formula is C12H15Cl2NO. The fourth-order valence-corrected chi connectivity index (χ4v) is 2.01. The molecule has 1 aromatic rings. The summed E-state index contributed by atoms with van der Waals surface area (Å²) in [5, 5.41) is 12.6. The maximum absolute atomic E-state index is 8.20. The Labute approximate surface area is 106 Å². The van der Waals surface area contributed by atoms with Gasteiger partial charge < -0.3 is 5.21 Å². The second kappa shape index (κ2) is 7.53. The van der Waals surface area contributed by atoms with Gasteiger partial charge >= 0.3 is 0 Å². The molecule has 16 heavy (non-hydrogen) atoms. The molecule has 1 N–H and O–H groups in total. The highest BCUT2D eigenvalue weighted by Gasteiger charge is 2.00. The van der Waals surface area contributed by atoms with E-state index >= 15 is 0 Å². The minimum atomic E-state index is 0.674. The van der Waals surface area contributed by atoms with E-state index in [-0.39, 0.29) is 0 Å². The lowest BCUT2D eigenvalue weighted by atomic mass is 10.1. The number of halogens is 2. The fourth-order valence-electron chi connectivity index (χ4n) is 1.51. The average molecular weight is 260 g/mol. The van der Waals surface area contributed by atoms with Gasteiger partial charge in [0, 0.05) is 16.3 Å². The first-order chi connectivity index (χ1) is 7.74. The quantitative estimate of drug-likeness (QED) is 0.346. The van der Waals surface area contributed by atoms with Crippen LogP contribution in [0.4, 0.5) is 0 Å². The van der Waals surface area contributed by atoms with Gasteiger partial charge in [-0.1, -0.05) is 35.7 Å². The third-order valence-corrected chi connectivity index (χ3v) is 2.96. The molecule has 0 spiro atoms. The third kappa shape index (κ3) is 4.86. The molecule has 88 valence electrons. The van der Waals surface area contributed by atoms with Crippen LogP contribution in [0.1, 0.15) is 31.2 Å². The Morgan fingerprint density at radius 1 is 1.19 bits per heavy atom. The van der Waals surface area contributed by atoms with E-state index in [1.54, 1.807) is 6.07 Å². The molecule has 1 aromatic carbocycles. The molecule has 4 heteroatoms. The van der Waals surface area contributed by atoms with E-state index in [0.29, 0.717) is 5.02 Å². The van der Waals surface area contributed by atoms with Gasteiger partial charge in [0.15, 0.2) is 0 Å². The van der Waals surface area contributed by atoms with Crippen LogP contribution in [0, 0.1) is 0 Å². The van der Waals surface area contributed by atoms with Gasteiger partial charge in [0.1, 0.15) is 0 Å². The molecular weight excluding hydrogens is 245 g/mol. The summed E-state index contributed by atoms with van der Waals surface area (Å²) in [7, 11) is 0. The molecule has 0 radical (unpaired) electrons. The van der Waals surface area contributed by atoms with Gasteiger partial charge in [-0.3, -0.25) is 0 Å². The molecule has 0 aromatic heterocycles. The molecule has 0 atom stereocenters. The molecule has 0 heterocycles. The highest BCUT2D eigenvalue weighted by Crippen LogP contribution is 2.22. The Hall–Kier alpha value is -0.730. The minimum Gasteiger partial charge on any atom is -0.411 e. The Kier molecular flexibility index (Phi) is 6.27.